The van der Waals surface area contributed by atoms with E-state index in [9.17, 15) is 0 Å². The number of hydrogen-bond donors (Lipinski definition) is 0. The highest BCUT2D eigenvalue weighted by molar-refractivity contribution is 6.90. The summed E-state index contributed by atoms with van der Waals surface area (Å²) in [5.41, 5.74) is 6.14. The van der Waals surface area contributed by atoms with Crippen LogP contribution in [0.15, 0.2) is 0 Å². The maximum Gasteiger partial charge on any atom is 0.145 e. The van der Waals surface area contributed by atoms with Crippen LogP contribution in [0, 0.1) is 17.4 Å². The van der Waals surface area contributed by atoms with E-state index in [2.05, 4.69) is 66.9 Å². The lowest BCUT2D eigenvalue weighted by Crippen LogP contribution is -2.43. The molecule has 0 amide bonds. The van der Waals surface area contributed by atoms with Crippen molar-refractivity contribution in [2.45, 2.75) is 97.7 Å². The van der Waals surface area contributed by atoms with Gasteiger partial charge in [-0.05, 0) is 29.5 Å². The zero-order valence-corrected chi connectivity index (χ0v) is 15.6. The largest absolute Gasteiger partial charge is 0.145 e. The van der Waals surface area contributed by atoms with Crippen molar-refractivity contribution in [1.29, 1.82) is 0 Å². The maximum absolute atomic E-state index is 3.88. The van der Waals surface area contributed by atoms with Crippen molar-refractivity contribution in [2.75, 3.05) is 0 Å². The van der Waals surface area contributed by atoms with Crippen LogP contribution in [0.5, 0.6) is 0 Å². The molecule has 0 rings (SSSR count). The Hall–Kier alpha value is -0.223. The molecule has 112 valence electrons. The minimum Gasteiger partial charge on any atom is -0.130 e. The van der Waals surface area contributed by atoms with Crippen molar-refractivity contribution in [1.82, 2.24) is 0 Å². The van der Waals surface area contributed by atoms with Crippen LogP contribution in [0.2, 0.25) is 16.6 Å². The lowest BCUT2D eigenvalue weighted by molar-refractivity contribution is 0.556. The van der Waals surface area contributed by atoms with E-state index in [1.165, 1.54) is 25.7 Å². The first-order chi connectivity index (χ1) is 8.82. The van der Waals surface area contributed by atoms with Crippen molar-refractivity contribution >= 4 is 8.07 Å². The third-order valence-electron chi connectivity index (χ3n) is 4.76. The fourth-order valence-corrected chi connectivity index (χ4v) is 8.81. The molecule has 0 aromatic heterocycles. The third-order valence-corrected chi connectivity index (χ3v) is 11.1. The first-order valence-corrected chi connectivity index (χ1v) is 10.6. The summed E-state index contributed by atoms with van der Waals surface area (Å²) in [6.45, 7) is 18.9. The zero-order chi connectivity index (χ0) is 15.1. The van der Waals surface area contributed by atoms with Crippen LogP contribution in [0.1, 0.15) is 81.1 Å². The van der Waals surface area contributed by atoms with Gasteiger partial charge in [0.1, 0.15) is 8.07 Å². The van der Waals surface area contributed by atoms with E-state index in [4.69, 9.17) is 0 Å². The highest BCUT2D eigenvalue weighted by Gasteiger charge is 2.41. The Kier molecular flexibility index (Phi) is 8.75. The Labute approximate surface area is 123 Å². The van der Waals surface area contributed by atoms with Crippen LogP contribution in [0.4, 0.5) is 0 Å². The molecule has 0 aliphatic carbocycles. The van der Waals surface area contributed by atoms with Crippen molar-refractivity contribution in [2.24, 2.45) is 5.92 Å². The Balaban J connectivity index is 5.21. The molecular formula is C18H36Si. The predicted molar refractivity (Wildman–Crippen MR) is 92.1 cm³/mol. The Morgan fingerprint density at radius 3 is 1.63 bits per heavy atom. The van der Waals surface area contributed by atoms with Gasteiger partial charge < -0.3 is 0 Å². The topological polar surface area (TPSA) is 0 Å². The Morgan fingerprint density at radius 1 is 0.842 bits per heavy atom. The van der Waals surface area contributed by atoms with E-state index in [1.807, 2.05) is 0 Å². The first-order valence-electron chi connectivity index (χ1n) is 8.35. The molecule has 0 fully saturated rings. The van der Waals surface area contributed by atoms with Crippen LogP contribution in [-0.2, 0) is 0 Å². The van der Waals surface area contributed by atoms with Crippen LogP contribution >= 0.6 is 0 Å². The summed E-state index contributed by atoms with van der Waals surface area (Å²) < 4.78 is 0. The Bertz CT molecular complexity index is 269. The van der Waals surface area contributed by atoms with E-state index in [0.29, 0.717) is 5.92 Å². The molecule has 0 unspecified atom stereocenters. The van der Waals surface area contributed by atoms with Gasteiger partial charge in [0.15, 0.2) is 0 Å². The van der Waals surface area contributed by atoms with E-state index in [0.717, 1.165) is 16.6 Å². The van der Waals surface area contributed by atoms with Crippen molar-refractivity contribution in [3.63, 3.8) is 0 Å². The van der Waals surface area contributed by atoms with Gasteiger partial charge in [-0.25, -0.2) is 0 Å². The van der Waals surface area contributed by atoms with Crippen molar-refractivity contribution in [3.8, 4) is 11.5 Å². The van der Waals surface area contributed by atoms with E-state index >= 15 is 0 Å². The molecular weight excluding hydrogens is 244 g/mol. The van der Waals surface area contributed by atoms with Crippen LogP contribution in [0.3, 0.4) is 0 Å². The average molecular weight is 281 g/mol. The molecule has 1 atom stereocenters. The first kappa shape index (κ1) is 18.8. The van der Waals surface area contributed by atoms with E-state index in [-0.39, 0.29) is 0 Å². The van der Waals surface area contributed by atoms with Crippen molar-refractivity contribution in [3.05, 3.63) is 0 Å². The molecule has 0 aliphatic heterocycles. The monoisotopic (exact) mass is 280 g/mol. The smallest absolute Gasteiger partial charge is 0.130 e. The lowest BCUT2D eigenvalue weighted by Gasteiger charge is -2.38. The molecule has 0 spiro atoms. The fourth-order valence-electron chi connectivity index (χ4n) is 3.49. The molecule has 0 N–H and O–H groups in total. The quantitative estimate of drug-likeness (QED) is 0.372. The molecule has 0 aromatic carbocycles. The van der Waals surface area contributed by atoms with E-state index < -0.39 is 8.07 Å². The third kappa shape index (κ3) is 4.99. The zero-order valence-electron chi connectivity index (χ0n) is 14.6. The summed E-state index contributed by atoms with van der Waals surface area (Å²) in [6, 6.07) is 0. The van der Waals surface area contributed by atoms with Crippen LogP contribution < -0.4 is 0 Å². The minimum absolute atomic E-state index is 0.628. The van der Waals surface area contributed by atoms with Gasteiger partial charge in [-0.15, -0.1) is 11.5 Å². The molecule has 0 heterocycles. The SMILES string of the molecule is CCCC[C@@H](C#C[Si](C(C)C)(C(C)C)C(C)C)CC. The van der Waals surface area contributed by atoms with Gasteiger partial charge in [-0.2, -0.15) is 0 Å². The summed E-state index contributed by atoms with van der Waals surface area (Å²) in [4.78, 5) is 0. The predicted octanol–water partition coefficient (Wildman–Crippen LogP) is 6.42. The average Bonchev–Trinajstić information content (AvgIpc) is 2.32. The highest BCUT2D eigenvalue weighted by Crippen LogP contribution is 2.40. The molecule has 0 saturated heterocycles. The number of rotatable bonds is 7. The summed E-state index contributed by atoms with van der Waals surface area (Å²) in [7, 11) is -1.51. The molecule has 0 saturated carbocycles. The van der Waals surface area contributed by atoms with Gasteiger partial charge in [0.25, 0.3) is 0 Å². The summed E-state index contributed by atoms with van der Waals surface area (Å²) >= 11 is 0. The standard InChI is InChI=1S/C18H36Si/c1-9-11-12-18(10-2)13-14-19(15(3)4,16(5)6)17(7)8/h15-18H,9-12H2,1-8H3/t18-/m0/s1. The summed E-state index contributed by atoms with van der Waals surface area (Å²) in [6.07, 6.45) is 5.12. The summed E-state index contributed by atoms with van der Waals surface area (Å²) in [5.74, 6) is 4.33. The number of unbranched alkanes of at least 4 members (excludes halogenated alkanes) is 1. The summed E-state index contributed by atoms with van der Waals surface area (Å²) in [5, 5.41) is 0. The van der Waals surface area contributed by atoms with Gasteiger partial charge in [-0.3, -0.25) is 0 Å². The molecule has 0 bridgehead atoms. The second-order valence-electron chi connectivity index (χ2n) is 6.91. The minimum atomic E-state index is -1.51. The van der Waals surface area contributed by atoms with Gasteiger partial charge in [0.05, 0.1) is 0 Å². The molecule has 0 aliphatic rings. The maximum atomic E-state index is 3.88. The van der Waals surface area contributed by atoms with Gasteiger partial charge >= 0.3 is 0 Å². The highest BCUT2D eigenvalue weighted by atomic mass is 28.3. The normalized spacial score (nSPS) is 13.8. The van der Waals surface area contributed by atoms with Crippen LogP contribution in [-0.4, -0.2) is 8.07 Å². The molecule has 0 radical (unpaired) electrons. The molecule has 0 nitrogen and oxygen atoms in total. The second-order valence-corrected chi connectivity index (χ2v) is 12.5. The van der Waals surface area contributed by atoms with Gasteiger partial charge in [-0.1, -0.05) is 68.2 Å². The van der Waals surface area contributed by atoms with Gasteiger partial charge in [0, 0.05) is 5.92 Å². The molecule has 19 heavy (non-hydrogen) atoms. The van der Waals surface area contributed by atoms with Crippen molar-refractivity contribution < 1.29 is 0 Å². The molecule has 0 aromatic rings. The van der Waals surface area contributed by atoms with E-state index in [1.54, 1.807) is 0 Å². The lowest BCUT2D eigenvalue weighted by atomic mass is 10.0. The van der Waals surface area contributed by atoms with Gasteiger partial charge in [0.2, 0.25) is 0 Å². The fraction of sp³-hybridized carbons (Fsp3) is 0.889. The second kappa shape index (κ2) is 8.85. The Morgan fingerprint density at radius 2 is 1.32 bits per heavy atom. The van der Waals surface area contributed by atoms with Crippen LogP contribution in [0.25, 0.3) is 0 Å². The number of hydrogen-bond acceptors (Lipinski definition) is 0. The molecule has 1 heteroatoms.